The Morgan fingerprint density at radius 2 is 1.91 bits per heavy atom. The number of aliphatic hydroxyl groups excluding tert-OH is 2. The maximum Gasteiger partial charge on any atom is 0.260 e. The maximum absolute atomic E-state index is 12.2. The molecule has 122 valence electrons. The van der Waals surface area contributed by atoms with Crippen LogP contribution in [0.2, 0.25) is 0 Å². The predicted molar refractivity (Wildman–Crippen MR) is 76.6 cm³/mol. The Hall–Kier alpha value is -1.80. The fourth-order valence-corrected chi connectivity index (χ4v) is 2.66. The van der Waals surface area contributed by atoms with Gasteiger partial charge in [-0.15, -0.1) is 0 Å². The number of aliphatic hydroxyl groups is 3. The highest BCUT2D eigenvalue weighted by atomic mass is 79.9. The first-order chi connectivity index (χ1) is 10.5. The lowest BCUT2D eigenvalue weighted by Crippen LogP contribution is -3.00. The van der Waals surface area contributed by atoms with Crippen LogP contribution in [0.15, 0.2) is 48.8 Å². The van der Waals surface area contributed by atoms with Crippen molar-refractivity contribution in [2.45, 2.75) is 18.4 Å². The highest BCUT2D eigenvalue weighted by molar-refractivity contribution is 5.99. The number of pyridine rings is 1. The Balaban J connectivity index is 0.00000192. The molecule has 1 aliphatic rings. The van der Waals surface area contributed by atoms with Crippen molar-refractivity contribution in [3.8, 4) is 0 Å². The minimum Gasteiger partial charge on any atom is -1.00 e. The molecule has 6 nitrogen and oxygen atoms in total. The zero-order valence-corrected chi connectivity index (χ0v) is 13.8. The smallest absolute Gasteiger partial charge is 0.260 e. The molecule has 4 N–H and O–H groups in total. The number of halogens is 1. The van der Waals surface area contributed by atoms with Crippen LogP contribution in [0.25, 0.3) is 0 Å². The molecule has 1 aromatic heterocycles. The Morgan fingerprint density at radius 1 is 1.22 bits per heavy atom. The predicted octanol–water partition coefficient (Wildman–Crippen LogP) is -3.73. The molecule has 0 spiro atoms. The molecule has 0 fully saturated rings. The van der Waals surface area contributed by atoms with E-state index < -0.39 is 11.8 Å². The lowest BCUT2D eigenvalue weighted by molar-refractivity contribution is -0.704. The lowest BCUT2D eigenvalue weighted by Gasteiger charge is -2.23. The van der Waals surface area contributed by atoms with E-state index in [2.05, 4.69) is 5.32 Å². The van der Waals surface area contributed by atoms with Gasteiger partial charge in [0.05, 0.1) is 6.61 Å². The molecule has 0 bridgehead atoms. The van der Waals surface area contributed by atoms with Gasteiger partial charge in [-0.25, -0.2) is 4.57 Å². The third-order valence-electron chi connectivity index (χ3n) is 3.77. The van der Waals surface area contributed by atoms with Gasteiger partial charge < -0.3 is 37.6 Å². The first-order valence-electron chi connectivity index (χ1n) is 6.97. The Bertz CT molecular complexity index is 710. The quantitative estimate of drug-likeness (QED) is 0.410. The summed E-state index contributed by atoms with van der Waals surface area (Å²) in [5.41, 5.74) is -0.157. The zero-order valence-electron chi connectivity index (χ0n) is 12.2. The Kier molecular flexibility index (Phi) is 5.16. The van der Waals surface area contributed by atoms with E-state index in [0.29, 0.717) is 16.7 Å². The molecule has 2 aromatic rings. The normalized spacial score (nSPS) is 20.4. The van der Waals surface area contributed by atoms with Crippen LogP contribution in [0, 0.1) is 0 Å². The van der Waals surface area contributed by atoms with Crippen LogP contribution in [-0.4, -0.2) is 33.9 Å². The Morgan fingerprint density at radius 3 is 2.57 bits per heavy atom. The van der Waals surface area contributed by atoms with Crippen molar-refractivity contribution in [1.82, 2.24) is 5.32 Å². The molecular formula is C16H17BrN2O4. The molecule has 2 heterocycles. The van der Waals surface area contributed by atoms with Gasteiger partial charge in [-0.3, -0.25) is 4.79 Å². The van der Waals surface area contributed by atoms with E-state index in [0.717, 1.165) is 0 Å². The van der Waals surface area contributed by atoms with Crippen LogP contribution in [0.4, 0.5) is 0 Å². The molecule has 3 rings (SSSR count). The lowest BCUT2D eigenvalue weighted by atomic mass is 9.96. The summed E-state index contributed by atoms with van der Waals surface area (Å²) in [6.07, 6.45) is 2.32. The number of nitrogens with one attached hydrogen (secondary N) is 1. The summed E-state index contributed by atoms with van der Waals surface area (Å²) in [4.78, 5) is 12.2. The minimum atomic E-state index is -1.55. The monoisotopic (exact) mass is 380 g/mol. The van der Waals surface area contributed by atoms with Gasteiger partial charge in [-0.05, 0) is 0 Å². The number of benzene rings is 1. The van der Waals surface area contributed by atoms with E-state index in [1.807, 2.05) is 6.07 Å². The van der Waals surface area contributed by atoms with Gasteiger partial charge in [0, 0.05) is 17.2 Å². The van der Waals surface area contributed by atoms with Crippen LogP contribution < -0.4 is 26.9 Å². The second-order valence-electron chi connectivity index (χ2n) is 5.34. The van der Waals surface area contributed by atoms with Crippen LogP contribution in [0.5, 0.6) is 0 Å². The summed E-state index contributed by atoms with van der Waals surface area (Å²) in [6, 6.07) is 10.5. The number of hydrogen-bond acceptors (Lipinski definition) is 4. The second kappa shape index (κ2) is 6.76. The zero-order chi connectivity index (χ0) is 15.7. The first kappa shape index (κ1) is 17.6. The van der Waals surface area contributed by atoms with Crippen molar-refractivity contribution in [1.29, 1.82) is 0 Å². The van der Waals surface area contributed by atoms with Gasteiger partial charge in [0.25, 0.3) is 5.91 Å². The summed E-state index contributed by atoms with van der Waals surface area (Å²) >= 11 is 0. The van der Waals surface area contributed by atoms with E-state index in [-0.39, 0.29) is 36.0 Å². The molecule has 1 aliphatic heterocycles. The Labute approximate surface area is 143 Å². The van der Waals surface area contributed by atoms with Crippen molar-refractivity contribution in [3.05, 3.63) is 65.5 Å². The summed E-state index contributed by atoms with van der Waals surface area (Å²) in [5.74, 6) is -0.380. The van der Waals surface area contributed by atoms with Crippen LogP contribution in [-0.2, 0) is 12.3 Å². The van der Waals surface area contributed by atoms with E-state index in [9.17, 15) is 15.0 Å². The maximum atomic E-state index is 12.2. The van der Waals surface area contributed by atoms with Crippen LogP contribution in [0.1, 0.15) is 21.5 Å². The summed E-state index contributed by atoms with van der Waals surface area (Å²) < 4.78 is 1.61. The SMILES string of the molecule is O=C1NC(O)(c2ccccc2)c2cc[n+](CC(O)CO)cc21.[Br-]. The number of hydrogen-bond donors (Lipinski definition) is 4. The van der Waals surface area contributed by atoms with Gasteiger partial charge in [-0.2, -0.15) is 0 Å². The third-order valence-corrected chi connectivity index (χ3v) is 3.77. The van der Waals surface area contributed by atoms with Crippen molar-refractivity contribution in [2.75, 3.05) is 6.61 Å². The van der Waals surface area contributed by atoms with E-state index in [4.69, 9.17) is 5.11 Å². The fourth-order valence-electron chi connectivity index (χ4n) is 2.66. The van der Waals surface area contributed by atoms with Gasteiger partial charge >= 0.3 is 0 Å². The van der Waals surface area contributed by atoms with E-state index in [1.165, 1.54) is 0 Å². The minimum absolute atomic E-state index is 0. The molecule has 2 unspecified atom stereocenters. The number of fused-ring (bicyclic) bond motifs is 1. The summed E-state index contributed by atoms with van der Waals surface area (Å²) in [6.45, 7) is -0.189. The molecule has 2 atom stereocenters. The molecule has 7 heteroatoms. The number of carbonyl (C=O) groups excluding carboxylic acids is 1. The van der Waals surface area contributed by atoms with Gasteiger partial charge in [0.1, 0.15) is 11.7 Å². The molecule has 0 aliphatic carbocycles. The van der Waals surface area contributed by atoms with Crippen molar-refractivity contribution < 1.29 is 41.7 Å². The molecule has 0 saturated carbocycles. The molecular weight excluding hydrogens is 364 g/mol. The third kappa shape index (κ3) is 3.13. The van der Waals surface area contributed by atoms with Gasteiger partial charge in [0.2, 0.25) is 0 Å². The van der Waals surface area contributed by atoms with Crippen LogP contribution >= 0.6 is 0 Å². The summed E-state index contributed by atoms with van der Waals surface area (Å²) in [7, 11) is 0. The average molecular weight is 381 g/mol. The van der Waals surface area contributed by atoms with Crippen molar-refractivity contribution in [2.24, 2.45) is 0 Å². The number of nitrogens with zero attached hydrogens (tertiary/aromatic N) is 1. The van der Waals surface area contributed by atoms with Gasteiger partial charge in [-0.1, -0.05) is 30.3 Å². The summed E-state index contributed by atoms with van der Waals surface area (Å²) in [5, 5.41) is 31.8. The molecule has 0 radical (unpaired) electrons. The van der Waals surface area contributed by atoms with E-state index in [1.54, 1.807) is 47.3 Å². The van der Waals surface area contributed by atoms with Crippen molar-refractivity contribution in [3.63, 3.8) is 0 Å². The molecule has 0 saturated heterocycles. The average Bonchev–Trinajstić information content (AvgIpc) is 2.80. The molecule has 1 amide bonds. The number of carbonyl (C=O) groups is 1. The number of rotatable bonds is 4. The molecule has 23 heavy (non-hydrogen) atoms. The van der Waals surface area contributed by atoms with Crippen molar-refractivity contribution >= 4 is 5.91 Å². The number of aromatic nitrogens is 1. The largest absolute Gasteiger partial charge is 1.00 e. The standard InChI is InChI=1S/C16H16N2O4.BrH/c19-10-12(20)8-18-7-6-14-13(9-18)15(21)17-16(14,22)11-4-2-1-3-5-11;/h1-7,9,12,19-20,22H,8,10H2;1H. The van der Waals surface area contributed by atoms with Gasteiger partial charge in [0.15, 0.2) is 24.7 Å². The first-order valence-corrected chi connectivity index (χ1v) is 6.97. The highest BCUT2D eigenvalue weighted by Gasteiger charge is 2.44. The highest BCUT2D eigenvalue weighted by Crippen LogP contribution is 2.33. The number of amides is 1. The topological polar surface area (TPSA) is 93.7 Å². The fraction of sp³-hybridized carbons (Fsp3) is 0.250. The second-order valence-corrected chi connectivity index (χ2v) is 5.34. The van der Waals surface area contributed by atoms with Crippen LogP contribution in [0.3, 0.4) is 0 Å². The van der Waals surface area contributed by atoms with E-state index >= 15 is 0 Å². The molecule has 1 aromatic carbocycles.